The number of carbonyl (C=O) groups excluding carboxylic acids is 1. The first-order valence-electron chi connectivity index (χ1n) is 9.10. The summed E-state index contributed by atoms with van der Waals surface area (Å²) in [6.45, 7) is 13.6. The van der Waals surface area contributed by atoms with Gasteiger partial charge in [-0.15, -0.1) is 0 Å². The lowest BCUT2D eigenvalue weighted by molar-refractivity contribution is 0.00578. The van der Waals surface area contributed by atoms with Crippen LogP contribution in [-0.4, -0.2) is 41.6 Å². The van der Waals surface area contributed by atoms with Crippen LogP contribution in [0.3, 0.4) is 0 Å². The van der Waals surface area contributed by atoms with Gasteiger partial charge in [-0.25, -0.2) is 4.79 Å². The summed E-state index contributed by atoms with van der Waals surface area (Å²) in [6.07, 6.45) is 0.792. The van der Waals surface area contributed by atoms with Crippen molar-refractivity contribution >= 4 is 24.3 Å². The summed E-state index contributed by atoms with van der Waals surface area (Å²) in [7, 11) is -0.423. The van der Waals surface area contributed by atoms with Crippen LogP contribution in [0.25, 0.3) is 0 Å². The molecule has 3 N–H and O–H groups in total. The number of aryl methyl sites for hydroxylation is 1. The summed E-state index contributed by atoms with van der Waals surface area (Å²) in [5, 5.41) is 15.1. The van der Waals surface area contributed by atoms with Crippen molar-refractivity contribution in [3.63, 3.8) is 0 Å². The molecule has 1 saturated heterocycles. The predicted octanol–water partition coefficient (Wildman–Crippen LogP) is 2.44. The number of carbonyl (C=O) groups is 1. The van der Waals surface area contributed by atoms with Crippen LogP contribution in [-0.2, 0) is 15.7 Å². The van der Waals surface area contributed by atoms with Gasteiger partial charge in [-0.05, 0) is 71.1 Å². The summed E-state index contributed by atoms with van der Waals surface area (Å²) >= 11 is 0. The minimum atomic E-state index is -0.952. The highest BCUT2D eigenvalue weighted by molar-refractivity contribution is 6.62. The number of rotatable bonds is 5. The van der Waals surface area contributed by atoms with Gasteiger partial charge in [0.25, 0.3) is 0 Å². The molecule has 7 heteroatoms. The van der Waals surface area contributed by atoms with Crippen molar-refractivity contribution in [3.8, 4) is 0 Å². The van der Waals surface area contributed by atoms with Gasteiger partial charge < -0.3 is 25.0 Å². The van der Waals surface area contributed by atoms with Crippen LogP contribution in [0.4, 0.5) is 10.5 Å². The van der Waals surface area contributed by atoms with Crippen LogP contribution in [0, 0.1) is 0 Å². The number of hydrogen-bond acceptors (Lipinski definition) is 4. The zero-order valence-corrected chi connectivity index (χ0v) is 16.9. The van der Waals surface area contributed by atoms with E-state index >= 15 is 0 Å². The summed E-state index contributed by atoms with van der Waals surface area (Å²) in [4.78, 5) is 12.0. The minimum Gasteiger partial charge on any atom is -0.399 e. The molecule has 26 heavy (non-hydrogen) atoms. The van der Waals surface area contributed by atoms with Gasteiger partial charge >= 0.3 is 13.1 Å². The molecule has 2 amide bonds. The second-order valence-corrected chi connectivity index (χ2v) is 8.48. The Kier molecular flexibility index (Phi) is 5.76. The van der Waals surface area contributed by atoms with Crippen molar-refractivity contribution in [1.82, 2.24) is 5.32 Å². The number of hydrogen-bond donors (Lipinski definition) is 3. The maximum Gasteiger partial charge on any atom is 0.495 e. The maximum absolute atomic E-state index is 12.0. The topological polar surface area (TPSA) is 79.8 Å². The average molecular weight is 362 g/mol. The Bertz CT molecular complexity index is 652. The van der Waals surface area contributed by atoms with E-state index in [0.717, 1.165) is 17.4 Å². The molecule has 144 valence electrons. The van der Waals surface area contributed by atoms with E-state index in [4.69, 9.17) is 9.31 Å². The van der Waals surface area contributed by atoms with Gasteiger partial charge in [-0.3, -0.25) is 0 Å². The molecule has 1 aliphatic heterocycles. The van der Waals surface area contributed by atoms with Crippen molar-refractivity contribution in [2.75, 3.05) is 11.9 Å². The molecule has 0 radical (unpaired) electrons. The van der Waals surface area contributed by atoms with Gasteiger partial charge in [0.2, 0.25) is 0 Å². The van der Waals surface area contributed by atoms with E-state index < -0.39 is 23.9 Å². The van der Waals surface area contributed by atoms with Crippen LogP contribution in [0.2, 0.25) is 0 Å². The highest BCUT2D eigenvalue weighted by atomic mass is 16.7. The van der Waals surface area contributed by atoms with Crippen molar-refractivity contribution in [3.05, 3.63) is 23.8 Å². The number of benzene rings is 1. The minimum absolute atomic E-state index is 0.172. The molecule has 0 bridgehead atoms. The lowest BCUT2D eigenvalue weighted by atomic mass is 9.75. The van der Waals surface area contributed by atoms with Gasteiger partial charge in [-0.1, -0.05) is 13.0 Å². The maximum atomic E-state index is 12.0. The number of amides is 2. The van der Waals surface area contributed by atoms with E-state index in [9.17, 15) is 9.90 Å². The molecular weight excluding hydrogens is 331 g/mol. The van der Waals surface area contributed by atoms with Crippen LogP contribution in [0.5, 0.6) is 0 Å². The molecule has 0 saturated carbocycles. The monoisotopic (exact) mass is 362 g/mol. The van der Waals surface area contributed by atoms with E-state index in [1.165, 1.54) is 0 Å². The fraction of sp³-hybridized carbons (Fsp3) is 0.632. The van der Waals surface area contributed by atoms with Gasteiger partial charge in [0.1, 0.15) is 0 Å². The highest BCUT2D eigenvalue weighted by Gasteiger charge is 2.52. The van der Waals surface area contributed by atoms with Gasteiger partial charge in [0.05, 0.1) is 16.8 Å². The van der Waals surface area contributed by atoms with Crippen molar-refractivity contribution < 1.29 is 19.2 Å². The Morgan fingerprint density at radius 3 is 2.27 bits per heavy atom. The second kappa shape index (κ2) is 7.21. The average Bonchev–Trinajstić information content (AvgIpc) is 2.72. The Labute approximate surface area is 156 Å². The fourth-order valence-electron chi connectivity index (χ4n) is 2.66. The molecule has 1 aromatic carbocycles. The van der Waals surface area contributed by atoms with Crippen molar-refractivity contribution in [2.24, 2.45) is 0 Å². The zero-order chi connectivity index (χ0) is 19.8. The Morgan fingerprint density at radius 1 is 1.19 bits per heavy atom. The second-order valence-electron chi connectivity index (χ2n) is 8.48. The van der Waals surface area contributed by atoms with Gasteiger partial charge in [0, 0.05) is 12.2 Å². The van der Waals surface area contributed by atoms with E-state index in [0.29, 0.717) is 5.69 Å². The van der Waals surface area contributed by atoms with E-state index in [1.54, 1.807) is 13.8 Å². The first kappa shape index (κ1) is 20.7. The highest BCUT2D eigenvalue weighted by Crippen LogP contribution is 2.36. The van der Waals surface area contributed by atoms with Crippen LogP contribution in [0.1, 0.15) is 54.0 Å². The fourth-order valence-corrected chi connectivity index (χ4v) is 2.66. The molecule has 0 spiro atoms. The molecule has 0 aliphatic carbocycles. The first-order valence-corrected chi connectivity index (χ1v) is 9.10. The zero-order valence-electron chi connectivity index (χ0n) is 16.9. The number of anilines is 1. The van der Waals surface area contributed by atoms with E-state index in [1.807, 2.05) is 45.9 Å². The third-order valence-electron chi connectivity index (χ3n) is 4.97. The number of aliphatic hydroxyl groups is 1. The molecule has 0 atom stereocenters. The van der Waals surface area contributed by atoms with E-state index in [2.05, 4.69) is 17.6 Å². The van der Waals surface area contributed by atoms with Crippen LogP contribution >= 0.6 is 0 Å². The smallest absolute Gasteiger partial charge is 0.399 e. The third-order valence-corrected chi connectivity index (χ3v) is 4.97. The largest absolute Gasteiger partial charge is 0.495 e. The van der Waals surface area contributed by atoms with Crippen LogP contribution < -0.4 is 16.1 Å². The number of nitrogens with one attached hydrogen (secondary N) is 2. The normalized spacial score (nSPS) is 18.7. The first-order chi connectivity index (χ1) is 11.8. The lowest BCUT2D eigenvalue weighted by Gasteiger charge is -2.32. The van der Waals surface area contributed by atoms with Gasteiger partial charge in [-0.2, -0.15) is 0 Å². The van der Waals surface area contributed by atoms with Crippen LogP contribution in [0.15, 0.2) is 18.2 Å². The summed E-state index contributed by atoms with van der Waals surface area (Å²) in [6, 6.07) is 5.36. The molecule has 6 nitrogen and oxygen atoms in total. The molecule has 0 unspecified atom stereocenters. The summed E-state index contributed by atoms with van der Waals surface area (Å²) < 4.78 is 12.3. The van der Waals surface area contributed by atoms with E-state index in [-0.39, 0.29) is 12.6 Å². The molecule has 1 fully saturated rings. The SMILES string of the molecule is CCc1cc(NC(=O)NCC(C)(C)O)ccc1B1OC(C)(C)C(C)(C)O1. The molecular formula is C19H31BN2O4. The molecule has 1 heterocycles. The lowest BCUT2D eigenvalue weighted by Crippen LogP contribution is -2.41. The van der Waals surface area contributed by atoms with Crippen molar-refractivity contribution in [2.45, 2.75) is 71.7 Å². The third kappa shape index (κ3) is 4.78. The summed E-state index contributed by atoms with van der Waals surface area (Å²) in [5.41, 5.74) is 0.993. The quantitative estimate of drug-likeness (QED) is 0.703. The van der Waals surface area contributed by atoms with Crippen molar-refractivity contribution in [1.29, 1.82) is 0 Å². The molecule has 1 aromatic rings. The number of urea groups is 1. The Morgan fingerprint density at radius 2 is 1.77 bits per heavy atom. The van der Waals surface area contributed by atoms with Gasteiger partial charge in [0.15, 0.2) is 0 Å². The Balaban J connectivity index is 2.12. The molecule has 0 aromatic heterocycles. The predicted molar refractivity (Wildman–Crippen MR) is 105 cm³/mol. The summed E-state index contributed by atoms with van der Waals surface area (Å²) in [5.74, 6) is 0. The standard InChI is InChI=1S/C19H31BN2O4/c1-8-13-11-14(22-16(23)21-12-17(2,3)24)9-10-15(13)20-25-18(4,5)19(6,7)26-20/h9-11,24H,8,12H2,1-7H3,(H2,21,22,23). The molecule has 2 rings (SSSR count). The molecule has 1 aliphatic rings. The Hall–Kier alpha value is -1.57.